The Morgan fingerprint density at radius 1 is 1.03 bits per heavy atom. The highest BCUT2D eigenvalue weighted by molar-refractivity contribution is 7.90. The Labute approximate surface area is 179 Å². The number of aliphatic imine (C=N–C) groups is 1. The summed E-state index contributed by atoms with van der Waals surface area (Å²) in [6.07, 6.45) is 0.534. The molecule has 0 atom stereocenters. The Kier molecular flexibility index (Phi) is 7.57. The van der Waals surface area contributed by atoms with Crippen LogP contribution >= 0.6 is 0 Å². The number of phenols is 1. The Balaban J connectivity index is 1.42. The van der Waals surface area contributed by atoms with Crippen LogP contribution in [0.5, 0.6) is 5.75 Å². The molecule has 8 heteroatoms. The topological polar surface area (TPSA) is 85.2 Å². The van der Waals surface area contributed by atoms with E-state index in [9.17, 15) is 13.5 Å². The fourth-order valence-electron chi connectivity index (χ4n) is 3.62. The maximum atomic E-state index is 12.3. The molecule has 0 unspecified atom stereocenters. The second kappa shape index (κ2) is 10.3. The number of hydrogen-bond donors (Lipinski definition) is 2. The van der Waals surface area contributed by atoms with E-state index < -0.39 is 9.84 Å². The van der Waals surface area contributed by atoms with Gasteiger partial charge in [0.05, 0.1) is 17.2 Å². The normalized spacial score (nSPS) is 15.3. The van der Waals surface area contributed by atoms with Crippen LogP contribution in [0.25, 0.3) is 0 Å². The third-order valence-corrected chi connectivity index (χ3v) is 6.84. The van der Waals surface area contributed by atoms with Crippen LogP contribution in [0.1, 0.15) is 12.0 Å². The van der Waals surface area contributed by atoms with Gasteiger partial charge in [-0.3, -0.25) is 4.99 Å². The van der Waals surface area contributed by atoms with Gasteiger partial charge in [-0.2, -0.15) is 0 Å². The monoisotopic (exact) mass is 430 g/mol. The lowest BCUT2D eigenvalue weighted by atomic mass is 10.2. The maximum Gasteiger partial charge on any atom is 0.193 e. The third-order valence-electron chi connectivity index (χ3n) is 5.16. The van der Waals surface area contributed by atoms with E-state index in [0.717, 1.165) is 43.4 Å². The summed E-state index contributed by atoms with van der Waals surface area (Å²) in [5.74, 6) is 1.31. The summed E-state index contributed by atoms with van der Waals surface area (Å²) in [6, 6.07) is 16.6. The van der Waals surface area contributed by atoms with Crippen LogP contribution in [0, 0.1) is 0 Å². The minimum atomic E-state index is -3.13. The summed E-state index contributed by atoms with van der Waals surface area (Å²) in [5.41, 5.74) is 1.67. The summed E-state index contributed by atoms with van der Waals surface area (Å²) in [5, 5.41) is 13.3. The summed E-state index contributed by atoms with van der Waals surface area (Å²) < 4.78 is 24.6. The van der Waals surface area contributed by atoms with E-state index in [1.165, 1.54) is 0 Å². The molecule has 2 aromatic rings. The van der Waals surface area contributed by atoms with Gasteiger partial charge in [-0.25, -0.2) is 8.42 Å². The molecule has 1 saturated heterocycles. The molecule has 0 amide bonds. The number of hydrogen-bond acceptors (Lipinski definition) is 5. The first-order valence-corrected chi connectivity index (χ1v) is 12.0. The molecule has 1 aliphatic rings. The number of piperazine rings is 1. The van der Waals surface area contributed by atoms with Crippen molar-refractivity contribution in [2.24, 2.45) is 4.99 Å². The van der Waals surface area contributed by atoms with Crippen molar-refractivity contribution in [3.8, 4) is 5.75 Å². The van der Waals surface area contributed by atoms with Crippen molar-refractivity contribution in [2.45, 2.75) is 12.2 Å². The minimum absolute atomic E-state index is 0.0802. The summed E-state index contributed by atoms with van der Waals surface area (Å²) in [4.78, 5) is 8.67. The molecular weight excluding hydrogens is 400 g/mol. The van der Waals surface area contributed by atoms with Crippen molar-refractivity contribution in [1.82, 2.24) is 10.2 Å². The van der Waals surface area contributed by atoms with Crippen molar-refractivity contribution in [3.05, 3.63) is 60.2 Å². The van der Waals surface area contributed by atoms with Gasteiger partial charge >= 0.3 is 0 Å². The number of para-hydroxylation sites is 2. The van der Waals surface area contributed by atoms with Gasteiger partial charge < -0.3 is 20.2 Å². The van der Waals surface area contributed by atoms with Crippen LogP contribution in [0.2, 0.25) is 0 Å². The molecule has 0 saturated carbocycles. The molecule has 7 nitrogen and oxygen atoms in total. The molecule has 0 aliphatic carbocycles. The highest BCUT2D eigenvalue weighted by Crippen LogP contribution is 2.27. The highest BCUT2D eigenvalue weighted by atomic mass is 32.2. The van der Waals surface area contributed by atoms with Crippen molar-refractivity contribution in [1.29, 1.82) is 0 Å². The quantitative estimate of drug-likeness (QED) is 0.398. The first-order chi connectivity index (χ1) is 14.5. The van der Waals surface area contributed by atoms with E-state index in [4.69, 9.17) is 0 Å². The van der Waals surface area contributed by atoms with Gasteiger partial charge in [0.15, 0.2) is 15.8 Å². The fraction of sp³-hybridized carbons (Fsp3) is 0.409. The molecule has 3 rings (SSSR count). The third kappa shape index (κ3) is 6.13. The van der Waals surface area contributed by atoms with E-state index in [1.54, 1.807) is 13.1 Å². The van der Waals surface area contributed by atoms with Crippen LogP contribution in [0.4, 0.5) is 5.69 Å². The predicted molar refractivity (Wildman–Crippen MR) is 122 cm³/mol. The molecule has 0 spiro atoms. The molecule has 30 heavy (non-hydrogen) atoms. The molecule has 2 N–H and O–H groups in total. The van der Waals surface area contributed by atoms with E-state index in [2.05, 4.69) is 20.1 Å². The lowest BCUT2D eigenvalue weighted by Crippen LogP contribution is -2.52. The second-order valence-electron chi connectivity index (χ2n) is 7.37. The van der Waals surface area contributed by atoms with Crippen LogP contribution in [0.15, 0.2) is 59.6 Å². The number of benzene rings is 2. The van der Waals surface area contributed by atoms with Crippen molar-refractivity contribution in [3.63, 3.8) is 0 Å². The Bertz CT molecular complexity index is 940. The summed E-state index contributed by atoms with van der Waals surface area (Å²) >= 11 is 0. The molecule has 2 aromatic carbocycles. The SMILES string of the molecule is CN=C(NCCCS(=O)(=O)Cc1ccccc1)N1CCN(c2ccccc2O)CC1. The molecule has 0 aromatic heterocycles. The maximum absolute atomic E-state index is 12.3. The highest BCUT2D eigenvalue weighted by Gasteiger charge is 2.21. The summed E-state index contributed by atoms with van der Waals surface area (Å²) in [7, 11) is -1.39. The van der Waals surface area contributed by atoms with Gasteiger partial charge in [-0.05, 0) is 24.1 Å². The van der Waals surface area contributed by atoms with Gasteiger partial charge in [0.25, 0.3) is 0 Å². The average Bonchev–Trinajstić information content (AvgIpc) is 2.75. The largest absolute Gasteiger partial charge is 0.506 e. The van der Waals surface area contributed by atoms with Gasteiger partial charge in [0, 0.05) is 39.8 Å². The molecular formula is C22H30N4O3S. The van der Waals surface area contributed by atoms with Crippen LogP contribution in [0.3, 0.4) is 0 Å². The first-order valence-electron chi connectivity index (χ1n) is 10.2. The number of phenolic OH excluding ortho intramolecular Hbond substituents is 1. The molecule has 1 aliphatic heterocycles. The Morgan fingerprint density at radius 3 is 2.37 bits per heavy atom. The minimum Gasteiger partial charge on any atom is -0.506 e. The standard InChI is InChI=1S/C22H30N4O3S/c1-23-22(24-12-7-17-30(28,29)18-19-8-3-2-4-9-19)26-15-13-25(14-16-26)20-10-5-6-11-21(20)27/h2-6,8-11,27H,7,12-18H2,1H3,(H,23,24). The van der Waals surface area contributed by atoms with Crippen molar-refractivity contribution in [2.75, 3.05) is 50.4 Å². The van der Waals surface area contributed by atoms with Crippen LogP contribution < -0.4 is 10.2 Å². The molecule has 162 valence electrons. The predicted octanol–water partition coefficient (Wildman–Crippen LogP) is 2.09. The van der Waals surface area contributed by atoms with Crippen molar-refractivity contribution < 1.29 is 13.5 Å². The molecule has 0 bridgehead atoms. The average molecular weight is 431 g/mol. The van der Waals surface area contributed by atoms with Gasteiger partial charge in [-0.15, -0.1) is 0 Å². The van der Waals surface area contributed by atoms with E-state index in [-0.39, 0.29) is 11.5 Å². The fourth-order valence-corrected chi connectivity index (χ4v) is 5.04. The summed E-state index contributed by atoms with van der Waals surface area (Å²) in [6.45, 7) is 3.68. The van der Waals surface area contributed by atoms with E-state index >= 15 is 0 Å². The zero-order valence-electron chi connectivity index (χ0n) is 17.4. The Hall–Kier alpha value is -2.74. The number of nitrogens with one attached hydrogen (secondary N) is 1. The van der Waals surface area contributed by atoms with Gasteiger partial charge in [0.2, 0.25) is 0 Å². The zero-order valence-corrected chi connectivity index (χ0v) is 18.2. The number of guanidine groups is 1. The zero-order chi connectivity index (χ0) is 21.4. The number of sulfone groups is 1. The first kappa shape index (κ1) is 22.0. The number of aromatic hydroxyl groups is 1. The lowest BCUT2D eigenvalue weighted by Gasteiger charge is -2.37. The molecule has 0 radical (unpaired) electrons. The van der Waals surface area contributed by atoms with Gasteiger partial charge in [0.1, 0.15) is 5.75 Å². The van der Waals surface area contributed by atoms with E-state index in [0.29, 0.717) is 18.7 Å². The number of nitrogens with zero attached hydrogens (tertiary/aromatic N) is 3. The van der Waals surface area contributed by atoms with Gasteiger partial charge in [-0.1, -0.05) is 42.5 Å². The smallest absolute Gasteiger partial charge is 0.193 e. The molecule has 1 heterocycles. The molecule has 1 fully saturated rings. The van der Waals surface area contributed by atoms with Crippen LogP contribution in [-0.2, 0) is 15.6 Å². The van der Waals surface area contributed by atoms with E-state index in [1.807, 2.05) is 48.5 Å². The van der Waals surface area contributed by atoms with Crippen molar-refractivity contribution >= 4 is 21.5 Å². The number of anilines is 1. The van der Waals surface area contributed by atoms with Crippen LogP contribution in [-0.4, -0.2) is 69.9 Å². The number of rotatable bonds is 7. The Morgan fingerprint density at radius 2 is 1.70 bits per heavy atom. The second-order valence-corrected chi connectivity index (χ2v) is 9.55. The lowest BCUT2D eigenvalue weighted by molar-refractivity contribution is 0.370.